The molecule has 3 rings (SSSR count). The summed E-state index contributed by atoms with van der Waals surface area (Å²) >= 11 is 0. The minimum atomic E-state index is -0.759. The molecule has 0 aliphatic heterocycles. The van der Waals surface area contributed by atoms with Gasteiger partial charge in [-0.3, -0.25) is 9.78 Å². The van der Waals surface area contributed by atoms with E-state index in [1.165, 1.54) is 0 Å². The molecule has 0 aliphatic rings. The van der Waals surface area contributed by atoms with Gasteiger partial charge in [0.1, 0.15) is 11.3 Å². The van der Waals surface area contributed by atoms with Gasteiger partial charge in [-0.05, 0) is 68.3 Å². The zero-order valence-corrected chi connectivity index (χ0v) is 16.2. The van der Waals surface area contributed by atoms with Crippen LogP contribution in [0, 0.1) is 6.92 Å². The van der Waals surface area contributed by atoms with E-state index in [0.717, 1.165) is 33.5 Å². The van der Waals surface area contributed by atoms with Crippen molar-refractivity contribution in [2.75, 3.05) is 12.4 Å². The Morgan fingerprint density at radius 3 is 2.56 bits per heavy atom. The summed E-state index contributed by atoms with van der Waals surface area (Å²) in [6, 6.07) is 15.5. The molecule has 0 saturated heterocycles. The number of pyridine rings is 1. The van der Waals surface area contributed by atoms with Crippen LogP contribution in [0.2, 0.25) is 0 Å². The molecule has 0 aliphatic carbocycles. The largest absolute Gasteiger partial charge is 0.497 e. The number of fused-ring (bicyclic) bond motifs is 1. The van der Waals surface area contributed by atoms with E-state index in [9.17, 15) is 4.79 Å². The predicted molar refractivity (Wildman–Crippen MR) is 109 cm³/mol. The lowest BCUT2D eigenvalue weighted by Crippen LogP contribution is -2.47. The molecule has 3 aromatic rings. The fourth-order valence-corrected chi connectivity index (χ4v) is 3.04. The third kappa shape index (κ3) is 4.19. The van der Waals surface area contributed by atoms with Crippen molar-refractivity contribution in [2.24, 2.45) is 0 Å². The van der Waals surface area contributed by atoms with Crippen LogP contribution < -0.4 is 15.4 Å². The zero-order valence-electron chi connectivity index (χ0n) is 16.2. The molecule has 2 N–H and O–H groups in total. The maximum Gasteiger partial charge on any atom is 0.245 e. The number of nitrogens with one attached hydrogen (secondary N) is 2. The number of ether oxygens (including phenoxy) is 1. The van der Waals surface area contributed by atoms with Crippen molar-refractivity contribution in [2.45, 2.75) is 32.9 Å². The lowest BCUT2D eigenvalue weighted by molar-refractivity contribution is -0.124. The number of carbonyl (C=O) groups excluding carboxylic acids is 1. The Bertz CT molecular complexity index is 949. The summed E-state index contributed by atoms with van der Waals surface area (Å²) in [4.78, 5) is 17.2. The zero-order chi connectivity index (χ0) is 19.4. The highest BCUT2D eigenvalue weighted by Crippen LogP contribution is 2.22. The number of hydrogen-bond donors (Lipinski definition) is 2. The Balaban J connectivity index is 1.72. The van der Waals surface area contributed by atoms with E-state index in [-0.39, 0.29) is 5.91 Å². The van der Waals surface area contributed by atoms with Crippen LogP contribution in [0.1, 0.15) is 25.0 Å². The highest BCUT2D eigenvalue weighted by Gasteiger charge is 2.27. The molecule has 0 unspecified atom stereocenters. The summed E-state index contributed by atoms with van der Waals surface area (Å²) in [5.74, 6) is 0.710. The van der Waals surface area contributed by atoms with Gasteiger partial charge < -0.3 is 15.4 Å². The van der Waals surface area contributed by atoms with Gasteiger partial charge in [-0.1, -0.05) is 12.1 Å². The third-order valence-corrected chi connectivity index (χ3v) is 4.67. The van der Waals surface area contributed by atoms with Gasteiger partial charge in [0.2, 0.25) is 5.91 Å². The van der Waals surface area contributed by atoms with Crippen molar-refractivity contribution in [1.82, 2.24) is 10.3 Å². The second kappa shape index (κ2) is 7.66. The van der Waals surface area contributed by atoms with E-state index in [0.29, 0.717) is 6.54 Å². The van der Waals surface area contributed by atoms with Gasteiger partial charge in [0.15, 0.2) is 0 Å². The van der Waals surface area contributed by atoms with Gasteiger partial charge >= 0.3 is 0 Å². The van der Waals surface area contributed by atoms with Crippen LogP contribution in [0.5, 0.6) is 5.75 Å². The number of rotatable bonds is 6. The highest BCUT2D eigenvalue weighted by molar-refractivity contribution is 5.89. The van der Waals surface area contributed by atoms with Crippen molar-refractivity contribution in [3.05, 3.63) is 65.9 Å². The van der Waals surface area contributed by atoms with Crippen LogP contribution in [0.25, 0.3) is 10.9 Å². The molecule has 140 valence electrons. The maximum atomic E-state index is 12.8. The summed E-state index contributed by atoms with van der Waals surface area (Å²) in [5, 5.41) is 7.41. The van der Waals surface area contributed by atoms with E-state index in [4.69, 9.17) is 4.74 Å². The first-order chi connectivity index (χ1) is 12.9. The van der Waals surface area contributed by atoms with Crippen LogP contribution >= 0.6 is 0 Å². The Morgan fingerprint density at radius 1 is 1.11 bits per heavy atom. The Hall–Kier alpha value is -3.08. The first-order valence-electron chi connectivity index (χ1n) is 8.94. The van der Waals surface area contributed by atoms with Crippen LogP contribution in [0.15, 0.2) is 54.7 Å². The van der Waals surface area contributed by atoms with Crippen molar-refractivity contribution in [1.29, 1.82) is 0 Å². The van der Waals surface area contributed by atoms with Crippen molar-refractivity contribution in [3.63, 3.8) is 0 Å². The number of amides is 1. The smallest absolute Gasteiger partial charge is 0.245 e. The molecule has 0 bridgehead atoms. The van der Waals surface area contributed by atoms with Crippen molar-refractivity contribution < 1.29 is 9.53 Å². The standard InChI is InChI=1S/C22H25N3O2/c1-15-7-12-20-18(6-5-13-23-20)19(15)14-24-21(26)22(2,3)25-16-8-10-17(27-4)11-9-16/h5-13,25H,14H2,1-4H3,(H,24,26). The molecule has 0 radical (unpaired) electrons. The molecule has 1 amide bonds. The van der Waals surface area contributed by atoms with Gasteiger partial charge in [-0.2, -0.15) is 0 Å². The summed E-state index contributed by atoms with van der Waals surface area (Å²) in [5.41, 5.74) is 3.26. The average molecular weight is 363 g/mol. The molecule has 0 saturated carbocycles. The number of aryl methyl sites for hydroxylation is 1. The van der Waals surface area contributed by atoms with E-state index in [1.54, 1.807) is 13.3 Å². The van der Waals surface area contributed by atoms with Crippen LogP contribution in [-0.4, -0.2) is 23.5 Å². The normalized spacial score (nSPS) is 11.3. The molecular weight excluding hydrogens is 338 g/mol. The number of benzene rings is 2. The van der Waals surface area contributed by atoms with Gasteiger partial charge in [0.05, 0.1) is 12.6 Å². The summed E-state index contributed by atoms with van der Waals surface area (Å²) in [6.45, 7) is 6.24. The first kappa shape index (κ1) is 18.7. The average Bonchev–Trinajstić information content (AvgIpc) is 2.67. The first-order valence-corrected chi connectivity index (χ1v) is 8.94. The van der Waals surface area contributed by atoms with E-state index in [1.807, 2.05) is 62.4 Å². The summed E-state index contributed by atoms with van der Waals surface area (Å²) in [6.07, 6.45) is 1.78. The van der Waals surface area contributed by atoms with Gasteiger partial charge in [-0.25, -0.2) is 0 Å². The SMILES string of the molecule is COc1ccc(NC(C)(C)C(=O)NCc2c(C)ccc3ncccc23)cc1. The van der Waals surface area contributed by atoms with Crippen molar-refractivity contribution in [3.8, 4) is 5.75 Å². The van der Waals surface area contributed by atoms with Crippen LogP contribution in [0.3, 0.4) is 0 Å². The summed E-state index contributed by atoms with van der Waals surface area (Å²) in [7, 11) is 1.63. The van der Waals surface area contributed by atoms with E-state index in [2.05, 4.69) is 22.5 Å². The molecular formula is C22H25N3O2. The molecule has 2 aromatic carbocycles. The van der Waals surface area contributed by atoms with Gasteiger partial charge in [-0.15, -0.1) is 0 Å². The fraction of sp³-hybridized carbons (Fsp3) is 0.273. The van der Waals surface area contributed by atoms with E-state index < -0.39 is 5.54 Å². The highest BCUT2D eigenvalue weighted by atomic mass is 16.5. The molecule has 1 aromatic heterocycles. The number of methoxy groups -OCH3 is 1. The molecule has 0 fully saturated rings. The van der Waals surface area contributed by atoms with Crippen LogP contribution in [-0.2, 0) is 11.3 Å². The molecule has 5 heteroatoms. The number of carbonyl (C=O) groups is 1. The quantitative estimate of drug-likeness (QED) is 0.693. The number of nitrogens with zero attached hydrogens (tertiary/aromatic N) is 1. The van der Waals surface area contributed by atoms with Crippen molar-refractivity contribution >= 4 is 22.5 Å². The number of anilines is 1. The Kier molecular flexibility index (Phi) is 5.31. The molecule has 1 heterocycles. The van der Waals surface area contributed by atoms with E-state index >= 15 is 0 Å². The number of aromatic nitrogens is 1. The minimum absolute atomic E-state index is 0.0707. The molecule has 27 heavy (non-hydrogen) atoms. The van der Waals surface area contributed by atoms with Crippen LogP contribution in [0.4, 0.5) is 5.69 Å². The lowest BCUT2D eigenvalue weighted by Gasteiger charge is -2.27. The lowest BCUT2D eigenvalue weighted by atomic mass is 10.0. The second-order valence-electron chi connectivity index (χ2n) is 7.09. The number of hydrogen-bond acceptors (Lipinski definition) is 4. The van der Waals surface area contributed by atoms with Gasteiger partial charge in [0.25, 0.3) is 0 Å². The monoisotopic (exact) mass is 363 g/mol. The predicted octanol–water partition coefficient (Wildman–Crippen LogP) is 4.06. The molecule has 0 atom stereocenters. The fourth-order valence-electron chi connectivity index (χ4n) is 3.04. The topological polar surface area (TPSA) is 63.2 Å². The summed E-state index contributed by atoms with van der Waals surface area (Å²) < 4.78 is 5.17. The molecule has 5 nitrogen and oxygen atoms in total. The third-order valence-electron chi connectivity index (χ3n) is 4.67. The maximum absolute atomic E-state index is 12.8. The van der Waals surface area contributed by atoms with Gasteiger partial charge in [0, 0.05) is 23.8 Å². The second-order valence-corrected chi connectivity index (χ2v) is 7.09. The Labute approximate surface area is 159 Å². The molecule has 0 spiro atoms. The minimum Gasteiger partial charge on any atom is -0.497 e. The Morgan fingerprint density at radius 2 is 1.85 bits per heavy atom.